The average Bonchev–Trinajstić information content (AvgIpc) is 3.10. The number of carboxylic acids is 1. The van der Waals surface area contributed by atoms with Gasteiger partial charge in [0.1, 0.15) is 11.5 Å². The summed E-state index contributed by atoms with van der Waals surface area (Å²) in [4.78, 5) is 66.0. The fraction of sp³-hybridized carbons (Fsp3) is 0.464. The smallest absolute Gasteiger partial charge is 0.305 e. The summed E-state index contributed by atoms with van der Waals surface area (Å²) < 4.78 is 5.59. The number of carbonyl (C=O) groups excluding carboxylic acids is 4. The van der Waals surface area contributed by atoms with Crippen LogP contribution in [0.1, 0.15) is 44.6 Å². The van der Waals surface area contributed by atoms with Gasteiger partial charge in [0.25, 0.3) is 0 Å². The van der Waals surface area contributed by atoms with Crippen molar-refractivity contribution in [2.75, 3.05) is 13.7 Å². The number of hydrogen-bond donors (Lipinski definition) is 2. The first-order valence-corrected chi connectivity index (χ1v) is 12.4. The molecule has 0 unspecified atom stereocenters. The van der Waals surface area contributed by atoms with Gasteiger partial charge in [0, 0.05) is 23.9 Å². The SMILES string of the molecule is COc1cccc(O)c1[C@H]1C2=CC[C@@H]3C(=O)N(CCC(=O)O)C(=O)[C@@H]3[C@@H]2C[C@H]2C(=O)C=C(C)C(=O)[C@@]12C. The summed E-state index contributed by atoms with van der Waals surface area (Å²) >= 11 is 0. The van der Waals surface area contributed by atoms with Crippen LogP contribution in [-0.4, -0.2) is 58.1 Å². The van der Waals surface area contributed by atoms with Crippen molar-refractivity contribution in [2.24, 2.45) is 29.1 Å². The van der Waals surface area contributed by atoms with Crippen LogP contribution in [0, 0.1) is 29.1 Å². The highest BCUT2D eigenvalue weighted by Crippen LogP contribution is 2.64. The first-order valence-electron chi connectivity index (χ1n) is 12.4. The number of amides is 2. The van der Waals surface area contributed by atoms with E-state index in [1.165, 1.54) is 19.3 Å². The fourth-order valence-electron chi connectivity index (χ4n) is 7.20. The van der Waals surface area contributed by atoms with Crippen LogP contribution in [0.15, 0.2) is 41.5 Å². The van der Waals surface area contributed by atoms with Gasteiger partial charge in [-0.05, 0) is 49.5 Å². The number of fused-ring (bicyclic) bond motifs is 4. The lowest BCUT2D eigenvalue weighted by molar-refractivity contribution is -0.143. The van der Waals surface area contributed by atoms with E-state index >= 15 is 0 Å². The number of methoxy groups -OCH3 is 1. The average molecular weight is 508 g/mol. The van der Waals surface area contributed by atoms with Gasteiger partial charge in [0.2, 0.25) is 11.8 Å². The number of carbonyl (C=O) groups is 5. The summed E-state index contributed by atoms with van der Waals surface area (Å²) in [7, 11) is 1.46. The minimum Gasteiger partial charge on any atom is -0.508 e. The number of phenols is 1. The van der Waals surface area contributed by atoms with Crippen LogP contribution < -0.4 is 4.74 Å². The molecule has 194 valence electrons. The summed E-state index contributed by atoms with van der Waals surface area (Å²) in [6.07, 6.45) is 3.33. The number of aliphatic carboxylic acids is 1. The number of aromatic hydroxyl groups is 1. The molecule has 1 aliphatic heterocycles. The Bertz CT molecular complexity index is 1310. The summed E-state index contributed by atoms with van der Waals surface area (Å²) in [6.45, 7) is 3.14. The predicted octanol–water partition coefficient (Wildman–Crippen LogP) is 2.63. The summed E-state index contributed by atoms with van der Waals surface area (Å²) in [6, 6.07) is 4.81. The maximum Gasteiger partial charge on any atom is 0.305 e. The molecule has 5 rings (SSSR count). The zero-order valence-electron chi connectivity index (χ0n) is 20.9. The largest absolute Gasteiger partial charge is 0.508 e. The maximum absolute atomic E-state index is 13.8. The van der Waals surface area contributed by atoms with E-state index in [0.29, 0.717) is 16.9 Å². The molecule has 0 aromatic heterocycles. The second-order valence-corrected chi connectivity index (χ2v) is 10.6. The van der Waals surface area contributed by atoms with Gasteiger partial charge in [0.15, 0.2) is 11.6 Å². The minimum atomic E-state index is -1.23. The number of carboxylic acid groups (broad SMARTS) is 1. The lowest BCUT2D eigenvalue weighted by Gasteiger charge is -2.53. The third-order valence-electron chi connectivity index (χ3n) is 8.83. The molecule has 4 aliphatic rings. The van der Waals surface area contributed by atoms with Crippen molar-refractivity contribution in [2.45, 2.75) is 39.0 Å². The van der Waals surface area contributed by atoms with Gasteiger partial charge in [-0.2, -0.15) is 0 Å². The number of allylic oxidation sites excluding steroid dienone is 4. The maximum atomic E-state index is 13.8. The van der Waals surface area contributed by atoms with Crippen molar-refractivity contribution >= 4 is 29.4 Å². The molecule has 3 aliphatic carbocycles. The monoisotopic (exact) mass is 507 g/mol. The number of likely N-dealkylation sites (tertiary alicyclic amines) is 1. The normalized spacial score (nSPS) is 32.8. The van der Waals surface area contributed by atoms with Gasteiger partial charge in [-0.25, -0.2) is 0 Å². The van der Waals surface area contributed by atoms with E-state index in [1.807, 2.05) is 6.08 Å². The molecule has 9 nitrogen and oxygen atoms in total. The molecule has 1 aromatic carbocycles. The predicted molar refractivity (Wildman–Crippen MR) is 130 cm³/mol. The zero-order chi connectivity index (χ0) is 26.8. The molecule has 2 N–H and O–H groups in total. The van der Waals surface area contributed by atoms with Crippen LogP contribution >= 0.6 is 0 Å². The van der Waals surface area contributed by atoms with Crippen LogP contribution in [-0.2, 0) is 24.0 Å². The molecule has 9 heteroatoms. The first kappa shape index (κ1) is 24.9. The molecule has 6 atom stereocenters. The van der Waals surface area contributed by atoms with E-state index in [0.717, 1.165) is 10.5 Å². The van der Waals surface area contributed by atoms with Crippen LogP contribution in [0.25, 0.3) is 0 Å². The molecule has 37 heavy (non-hydrogen) atoms. The number of rotatable bonds is 5. The minimum absolute atomic E-state index is 0.0858. The Morgan fingerprint density at radius 2 is 1.89 bits per heavy atom. The van der Waals surface area contributed by atoms with Gasteiger partial charge in [0.05, 0.1) is 30.8 Å². The second-order valence-electron chi connectivity index (χ2n) is 10.6. The highest BCUT2D eigenvalue weighted by Gasteiger charge is 2.63. The Labute approximate surface area is 213 Å². The fourth-order valence-corrected chi connectivity index (χ4v) is 7.20. The third kappa shape index (κ3) is 3.47. The van der Waals surface area contributed by atoms with E-state index in [2.05, 4.69) is 0 Å². The van der Waals surface area contributed by atoms with Crippen molar-refractivity contribution in [1.82, 2.24) is 4.90 Å². The summed E-state index contributed by atoms with van der Waals surface area (Å²) in [5.41, 5.74) is 0.216. The van der Waals surface area contributed by atoms with Crippen molar-refractivity contribution in [3.05, 3.63) is 47.1 Å². The van der Waals surface area contributed by atoms with Crippen LogP contribution in [0.3, 0.4) is 0 Å². The Kier molecular flexibility index (Phi) is 5.84. The first-order chi connectivity index (χ1) is 17.5. The van der Waals surface area contributed by atoms with Crippen molar-refractivity contribution in [3.63, 3.8) is 0 Å². The van der Waals surface area contributed by atoms with Gasteiger partial charge >= 0.3 is 5.97 Å². The van der Waals surface area contributed by atoms with E-state index in [4.69, 9.17) is 9.84 Å². The molecule has 0 radical (unpaired) electrons. The standard InChI is InChI=1S/C28H29NO8/c1-13-11-19(31)17-12-16-14(7-8-15-22(16)27(36)29(26(15)35)10-9-21(32)33)24(28(17,2)25(13)34)23-18(30)5-4-6-20(23)37-3/h4-7,11,15-17,22,24,30H,8-10,12H2,1-3H3,(H,32,33)/t15-,16+,17-,22-,24+,28+/m0/s1. The number of nitrogens with zero attached hydrogens (tertiary/aromatic N) is 1. The number of phenolic OH excluding ortho intramolecular Hbond substituents is 1. The molecule has 0 spiro atoms. The molecule has 1 saturated carbocycles. The van der Waals surface area contributed by atoms with E-state index in [1.54, 1.807) is 26.0 Å². The molecule has 1 aromatic rings. The molecule has 0 bridgehead atoms. The summed E-state index contributed by atoms with van der Waals surface area (Å²) in [5.74, 6) is -5.58. The molecule has 1 saturated heterocycles. The number of hydrogen-bond acceptors (Lipinski definition) is 7. The van der Waals surface area contributed by atoms with Crippen LogP contribution in [0.5, 0.6) is 11.5 Å². The third-order valence-corrected chi connectivity index (χ3v) is 8.83. The Balaban J connectivity index is 1.68. The molecular weight excluding hydrogens is 478 g/mol. The Hall–Kier alpha value is -3.75. The number of ketones is 2. The second kappa shape index (κ2) is 8.68. The van der Waals surface area contributed by atoms with Gasteiger partial charge in [-0.15, -0.1) is 0 Å². The van der Waals surface area contributed by atoms with Crippen molar-refractivity contribution < 1.29 is 38.9 Å². The Morgan fingerprint density at radius 3 is 2.57 bits per heavy atom. The topological polar surface area (TPSA) is 138 Å². The highest BCUT2D eigenvalue weighted by molar-refractivity contribution is 6.13. The Morgan fingerprint density at radius 1 is 1.16 bits per heavy atom. The highest BCUT2D eigenvalue weighted by atomic mass is 16.5. The van der Waals surface area contributed by atoms with Crippen molar-refractivity contribution in [3.8, 4) is 11.5 Å². The molecule has 1 heterocycles. The number of imide groups is 1. The quantitative estimate of drug-likeness (QED) is 0.458. The molecular formula is C28H29NO8. The number of benzene rings is 1. The molecule has 2 fully saturated rings. The number of Topliss-reactive ketones (excluding diaryl/α,β-unsaturated/α-hetero) is 1. The molecule has 2 amide bonds. The van der Waals surface area contributed by atoms with Crippen LogP contribution in [0.4, 0.5) is 0 Å². The van der Waals surface area contributed by atoms with Gasteiger partial charge in [-0.3, -0.25) is 28.9 Å². The van der Waals surface area contributed by atoms with E-state index in [-0.39, 0.29) is 43.1 Å². The van der Waals surface area contributed by atoms with E-state index in [9.17, 15) is 29.1 Å². The van der Waals surface area contributed by atoms with Crippen molar-refractivity contribution in [1.29, 1.82) is 0 Å². The lowest BCUT2D eigenvalue weighted by atomic mass is 9.47. The van der Waals surface area contributed by atoms with Gasteiger partial charge < -0.3 is 14.9 Å². The van der Waals surface area contributed by atoms with E-state index < -0.39 is 52.8 Å². The summed E-state index contributed by atoms with van der Waals surface area (Å²) in [5, 5.41) is 20.1. The number of ether oxygens (including phenoxy) is 1. The lowest BCUT2D eigenvalue weighted by Crippen LogP contribution is -2.54. The van der Waals surface area contributed by atoms with Gasteiger partial charge in [-0.1, -0.05) is 24.6 Å². The zero-order valence-corrected chi connectivity index (χ0v) is 20.9. The van der Waals surface area contributed by atoms with Crippen LogP contribution in [0.2, 0.25) is 0 Å².